The van der Waals surface area contributed by atoms with E-state index in [0.717, 1.165) is 25.7 Å². The van der Waals surface area contributed by atoms with Crippen molar-refractivity contribution in [2.45, 2.75) is 45.6 Å². The molecule has 0 aliphatic rings. The van der Waals surface area contributed by atoms with Gasteiger partial charge >= 0.3 is 0 Å². The van der Waals surface area contributed by atoms with Crippen LogP contribution in [0, 0.1) is 11.7 Å². The lowest BCUT2D eigenvalue weighted by Crippen LogP contribution is -2.22. The van der Waals surface area contributed by atoms with Crippen LogP contribution < -0.4 is 15.2 Å². The first kappa shape index (κ1) is 16.8. The highest BCUT2D eigenvalue weighted by molar-refractivity contribution is 5.44. The van der Waals surface area contributed by atoms with Crippen LogP contribution in [-0.2, 0) is 0 Å². The van der Waals surface area contributed by atoms with Gasteiger partial charge in [-0.3, -0.25) is 0 Å². The molecule has 2 N–H and O–H groups in total. The molecule has 1 aromatic rings. The summed E-state index contributed by atoms with van der Waals surface area (Å²) >= 11 is 0. The minimum absolute atomic E-state index is 0.289. The third-order valence-electron chi connectivity index (χ3n) is 3.69. The number of hydrogen-bond donors (Lipinski definition) is 1. The van der Waals surface area contributed by atoms with Crippen molar-refractivity contribution in [2.75, 3.05) is 14.2 Å². The van der Waals surface area contributed by atoms with Gasteiger partial charge in [-0.15, -0.1) is 0 Å². The van der Waals surface area contributed by atoms with E-state index in [1.54, 1.807) is 13.2 Å². The lowest BCUT2D eigenvalue weighted by Gasteiger charge is -2.24. The summed E-state index contributed by atoms with van der Waals surface area (Å²) in [4.78, 5) is 0. The van der Waals surface area contributed by atoms with Crippen LogP contribution in [0.3, 0.4) is 0 Å². The van der Waals surface area contributed by atoms with Crippen molar-refractivity contribution < 1.29 is 13.9 Å². The molecule has 0 spiro atoms. The summed E-state index contributed by atoms with van der Waals surface area (Å²) in [6.45, 7) is 4.25. The van der Waals surface area contributed by atoms with Crippen LogP contribution in [0.2, 0.25) is 0 Å². The molecule has 0 fully saturated rings. The second kappa shape index (κ2) is 8.10. The Hall–Kier alpha value is -1.29. The zero-order valence-electron chi connectivity index (χ0n) is 12.9. The van der Waals surface area contributed by atoms with E-state index in [0.29, 0.717) is 17.1 Å². The topological polar surface area (TPSA) is 44.5 Å². The Kier molecular flexibility index (Phi) is 6.79. The molecule has 1 rings (SSSR count). The first-order valence-electron chi connectivity index (χ1n) is 7.25. The predicted molar refractivity (Wildman–Crippen MR) is 79.7 cm³/mol. The Morgan fingerprint density at radius 2 is 1.55 bits per heavy atom. The first-order chi connectivity index (χ1) is 9.58. The van der Waals surface area contributed by atoms with Crippen molar-refractivity contribution in [3.63, 3.8) is 0 Å². The first-order valence-corrected chi connectivity index (χ1v) is 7.25. The molecule has 0 amide bonds. The van der Waals surface area contributed by atoms with Gasteiger partial charge in [0, 0.05) is 17.7 Å². The molecule has 0 saturated heterocycles. The maximum atomic E-state index is 14.2. The van der Waals surface area contributed by atoms with Crippen LogP contribution in [0.5, 0.6) is 11.5 Å². The second-order valence-electron chi connectivity index (χ2n) is 5.09. The number of benzene rings is 1. The zero-order chi connectivity index (χ0) is 15.1. The van der Waals surface area contributed by atoms with Crippen LogP contribution in [0.25, 0.3) is 0 Å². The number of rotatable bonds is 8. The Labute approximate surface area is 121 Å². The van der Waals surface area contributed by atoms with Gasteiger partial charge in [-0.25, -0.2) is 4.39 Å². The molecule has 0 aliphatic carbocycles. The minimum Gasteiger partial charge on any atom is -0.493 e. The van der Waals surface area contributed by atoms with Crippen molar-refractivity contribution in [3.8, 4) is 11.5 Å². The van der Waals surface area contributed by atoms with Gasteiger partial charge in [-0.05, 0) is 24.8 Å². The van der Waals surface area contributed by atoms with E-state index < -0.39 is 0 Å². The van der Waals surface area contributed by atoms with E-state index in [9.17, 15) is 4.39 Å². The summed E-state index contributed by atoms with van der Waals surface area (Å²) in [5, 5.41) is 0. The summed E-state index contributed by atoms with van der Waals surface area (Å²) < 4.78 is 24.6. The summed E-state index contributed by atoms with van der Waals surface area (Å²) in [6.07, 6.45) is 4.10. The fourth-order valence-electron chi connectivity index (χ4n) is 2.62. The fourth-order valence-corrected chi connectivity index (χ4v) is 2.62. The van der Waals surface area contributed by atoms with E-state index in [1.165, 1.54) is 13.2 Å². The van der Waals surface area contributed by atoms with Gasteiger partial charge in [0.1, 0.15) is 5.82 Å². The molecule has 1 aromatic carbocycles. The van der Waals surface area contributed by atoms with Gasteiger partial charge in [-0.1, -0.05) is 26.7 Å². The normalized spacial score (nSPS) is 12.6. The van der Waals surface area contributed by atoms with E-state index in [4.69, 9.17) is 15.2 Å². The molecule has 0 heterocycles. The average molecular weight is 283 g/mol. The Bertz CT molecular complexity index is 417. The third-order valence-corrected chi connectivity index (χ3v) is 3.69. The van der Waals surface area contributed by atoms with Crippen molar-refractivity contribution >= 4 is 0 Å². The molecule has 20 heavy (non-hydrogen) atoms. The standard InChI is InChI=1S/C16H26FNO2/c1-5-7-11(8-6-2)16(18)12-9-14(19-3)15(20-4)10-13(12)17/h9-11,16H,5-8,18H2,1-4H3. The highest BCUT2D eigenvalue weighted by atomic mass is 19.1. The van der Waals surface area contributed by atoms with Crippen molar-refractivity contribution in [3.05, 3.63) is 23.5 Å². The Balaban J connectivity index is 3.09. The predicted octanol–water partition coefficient (Wildman–Crippen LogP) is 4.06. The smallest absolute Gasteiger partial charge is 0.163 e. The summed E-state index contributed by atoms with van der Waals surface area (Å²) in [5.41, 5.74) is 6.80. The highest BCUT2D eigenvalue weighted by Gasteiger charge is 2.23. The molecule has 0 bridgehead atoms. The minimum atomic E-state index is -0.327. The fraction of sp³-hybridized carbons (Fsp3) is 0.625. The number of halogens is 1. The van der Waals surface area contributed by atoms with E-state index >= 15 is 0 Å². The van der Waals surface area contributed by atoms with E-state index in [-0.39, 0.29) is 17.8 Å². The number of hydrogen-bond acceptors (Lipinski definition) is 3. The molecular weight excluding hydrogens is 257 g/mol. The van der Waals surface area contributed by atoms with Crippen molar-refractivity contribution in [1.29, 1.82) is 0 Å². The molecule has 3 nitrogen and oxygen atoms in total. The van der Waals surface area contributed by atoms with Gasteiger partial charge in [0.25, 0.3) is 0 Å². The van der Waals surface area contributed by atoms with Gasteiger partial charge < -0.3 is 15.2 Å². The molecule has 0 aliphatic heterocycles. The molecule has 0 radical (unpaired) electrons. The number of methoxy groups -OCH3 is 2. The zero-order valence-corrected chi connectivity index (χ0v) is 12.9. The van der Waals surface area contributed by atoms with Crippen LogP contribution in [0.4, 0.5) is 4.39 Å². The van der Waals surface area contributed by atoms with Crippen LogP contribution in [-0.4, -0.2) is 14.2 Å². The van der Waals surface area contributed by atoms with Gasteiger partial charge in [0.15, 0.2) is 11.5 Å². The monoisotopic (exact) mass is 283 g/mol. The molecule has 1 unspecified atom stereocenters. The van der Waals surface area contributed by atoms with Gasteiger partial charge in [0.2, 0.25) is 0 Å². The summed E-state index contributed by atoms with van der Waals surface area (Å²) in [6, 6.07) is 2.70. The molecule has 0 saturated carbocycles. The van der Waals surface area contributed by atoms with E-state index in [1.807, 2.05) is 0 Å². The lowest BCUT2D eigenvalue weighted by atomic mass is 9.86. The molecule has 1 atom stereocenters. The highest BCUT2D eigenvalue weighted by Crippen LogP contribution is 2.36. The third kappa shape index (κ3) is 3.85. The number of nitrogens with two attached hydrogens (primary N) is 1. The summed E-state index contributed by atoms with van der Waals surface area (Å²) in [5.74, 6) is 0.875. The van der Waals surface area contributed by atoms with Crippen LogP contribution in [0.1, 0.15) is 51.1 Å². The maximum Gasteiger partial charge on any atom is 0.163 e. The molecular formula is C16H26FNO2. The maximum absolute atomic E-state index is 14.2. The summed E-state index contributed by atoms with van der Waals surface area (Å²) in [7, 11) is 3.04. The lowest BCUT2D eigenvalue weighted by molar-refractivity contribution is 0.340. The van der Waals surface area contributed by atoms with E-state index in [2.05, 4.69) is 13.8 Å². The molecule has 114 valence electrons. The number of ether oxygens (including phenoxy) is 2. The Morgan fingerprint density at radius 3 is 2.00 bits per heavy atom. The largest absolute Gasteiger partial charge is 0.493 e. The van der Waals surface area contributed by atoms with Crippen LogP contribution >= 0.6 is 0 Å². The van der Waals surface area contributed by atoms with Crippen LogP contribution in [0.15, 0.2) is 12.1 Å². The average Bonchev–Trinajstić information content (AvgIpc) is 2.46. The molecule has 4 heteroatoms. The Morgan fingerprint density at radius 1 is 1.05 bits per heavy atom. The van der Waals surface area contributed by atoms with Crippen molar-refractivity contribution in [1.82, 2.24) is 0 Å². The SMILES string of the molecule is CCCC(CCC)C(N)c1cc(OC)c(OC)cc1F. The second-order valence-corrected chi connectivity index (χ2v) is 5.09. The van der Waals surface area contributed by atoms with Gasteiger partial charge in [-0.2, -0.15) is 0 Å². The molecule has 0 aromatic heterocycles. The quantitative estimate of drug-likeness (QED) is 0.782. The van der Waals surface area contributed by atoms with Gasteiger partial charge in [0.05, 0.1) is 14.2 Å². The van der Waals surface area contributed by atoms with Crippen molar-refractivity contribution in [2.24, 2.45) is 11.7 Å².